The monoisotopic (exact) mass is 844 g/mol. The van der Waals surface area contributed by atoms with Gasteiger partial charge in [0.25, 0.3) is 0 Å². The molecule has 0 aliphatic rings. The molecular weight excluding hydrogens is 813 g/mol. The Balaban J connectivity index is 1.37. The zero-order valence-corrected chi connectivity index (χ0v) is 34.9. The van der Waals surface area contributed by atoms with Crippen LogP contribution in [0, 0.1) is 11.3 Å². The van der Waals surface area contributed by atoms with E-state index in [2.05, 4.69) is 134 Å². The Kier molecular flexibility index (Phi) is 7.52. The van der Waals surface area contributed by atoms with Gasteiger partial charge < -0.3 is 18.3 Å². The van der Waals surface area contributed by atoms with E-state index in [0.717, 1.165) is 110 Å². The fourth-order valence-electron chi connectivity index (χ4n) is 10.6. The van der Waals surface area contributed by atoms with Crippen LogP contribution in [0.3, 0.4) is 0 Å². The smallest absolute Gasteiger partial charge is 0.104 e. The summed E-state index contributed by atoms with van der Waals surface area (Å²) >= 11 is 0. The number of hydrogen-bond donors (Lipinski definition) is 0. The third-order valence-electron chi connectivity index (χ3n) is 13.1. The topological polar surface area (TPSA) is 108 Å². The molecule has 0 aliphatic carbocycles. The van der Waals surface area contributed by atoms with Gasteiger partial charge in [0.15, 0.2) is 0 Å². The number of pyridine rings is 5. The lowest BCUT2D eigenvalue weighted by molar-refractivity contribution is 1.03. The van der Waals surface area contributed by atoms with Crippen molar-refractivity contribution in [1.82, 2.24) is 43.2 Å². The van der Waals surface area contributed by atoms with Gasteiger partial charge in [-0.05, 0) is 78.9 Å². The molecule has 0 radical (unpaired) electrons. The van der Waals surface area contributed by atoms with Gasteiger partial charge in [0.05, 0.1) is 88.9 Å². The number of aromatic nitrogens is 9. The largest absolute Gasteiger partial charge is 0.305 e. The number of para-hydroxylation sites is 4. The molecule has 0 atom stereocenters. The van der Waals surface area contributed by atoms with Gasteiger partial charge >= 0.3 is 0 Å². The first-order chi connectivity index (χ1) is 32.8. The van der Waals surface area contributed by atoms with E-state index in [1.807, 2.05) is 79.5 Å². The van der Waals surface area contributed by atoms with Crippen molar-refractivity contribution in [2.45, 2.75) is 0 Å². The first kappa shape index (κ1) is 36.1. The van der Waals surface area contributed by atoms with E-state index < -0.39 is 0 Å². The first-order valence-corrected chi connectivity index (χ1v) is 21.7. The molecule has 0 aliphatic heterocycles. The van der Waals surface area contributed by atoms with Crippen molar-refractivity contribution in [3.05, 3.63) is 200 Å². The minimum Gasteiger partial charge on any atom is -0.305 e. The quantitative estimate of drug-likeness (QED) is 0.171. The molecule has 14 rings (SSSR count). The lowest BCUT2D eigenvalue weighted by Gasteiger charge is -2.29. The fraction of sp³-hybridized carbons (Fsp3) is 0. The predicted octanol–water partition coefficient (Wildman–Crippen LogP) is 12.6. The van der Waals surface area contributed by atoms with Crippen LogP contribution in [0.1, 0.15) is 5.56 Å². The Morgan fingerprint density at radius 3 is 1.08 bits per heavy atom. The van der Waals surface area contributed by atoms with Crippen LogP contribution in [0.5, 0.6) is 0 Å². The average molecular weight is 845 g/mol. The average Bonchev–Trinajstić information content (AvgIpc) is 4.11. The predicted molar refractivity (Wildman–Crippen MR) is 263 cm³/mol. The van der Waals surface area contributed by atoms with Crippen LogP contribution >= 0.6 is 0 Å². The third-order valence-corrected chi connectivity index (χ3v) is 13.1. The first-order valence-electron chi connectivity index (χ1n) is 21.7. The summed E-state index contributed by atoms with van der Waals surface area (Å²) in [6.07, 6.45) is 11.1. The fourth-order valence-corrected chi connectivity index (χ4v) is 10.6. The summed E-state index contributed by atoms with van der Waals surface area (Å²) in [5, 5.41) is 16.3. The Hall–Kier alpha value is -9.46. The summed E-state index contributed by atoms with van der Waals surface area (Å²) in [5.74, 6) is 0. The number of rotatable bonds is 5. The molecule has 0 saturated carbocycles. The van der Waals surface area contributed by atoms with Gasteiger partial charge in [0.1, 0.15) is 11.6 Å². The Labute approximate surface area is 375 Å². The van der Waals surface area contributed by atoms with E-state index in [-0.39, 0.29) is 0 Å². The third kappa shape index (κ3) is 4.80. The van der Waals surface area contributed by atoms with Crippen LogP contribution in [0.15, 0.2) is 195 Å². The van der Waals surface area contributed by atoms with E-state index in [1.54, 1.807) is 6.20 Å². The molecule has 10 heteroatoms. The van der Waals surface area contributed by atoms with E-state index in [9.17, 15) is 5.26 Å². The molecule has 0 N–H and O–H groups in total. The van der Waals surface area contributed by atoms with Crippen molar-refractivity contribution in [3.8, 4) is 39.9 Å². The van der Waals surface area contributed by atoms with Gasteiger partial charge in [-0.3, -0.25) is 24.9 Å². The van der Waals surface area contributed by atoms with Crippen LogP contribution in [0.25, 0.3) is 122 Å². The maximum atomic E-state index is 12.4. The van der Waals surface area contributed by atoms with Crippen molar-refractivity contribution in [3.63, 3.8) is 0 Å². The lowest BCUT2D eigenvalue weighted by Crippen LogP contribution is -2.16. The molecule has 0 saturated heterocycles. The molecule has 10 nitrogen and oxygen atoms in total. The zero-order chi connectivity index (χ0) is 43.5. The standard InChI is InChI=1S/C56H32N10/c57-32-39-53(63-40-19-5-1-15-35(40)49-44(63)23-10-28-59-49)48(34-14-9-27-58-33-34)55(65-42-21-7-3-17-37(42)51-46(65)25-12-30-61-51)56(66-43-22-8-4-18-38(43)52-47(66)26-13-31-62-52)54(39)64-41-20-6-2-16-36(41)50-45(64)24-11-29-60-50/h1-31,33H. The van der Waals surface area contributed by atoms with Crippen LogP contribution in [-0.2, 0) is 0 Å². The van der Waals surface area contributed by atoms with Crippen molar-refractivity contribution in [2.75, 3.05) is 0 Å². The van der Waals surface area contributed by atoms with Crippen molar-refractivity contribution < 1.29 is 0 Å². The number of fused-ring (bicyclic) bond motifs is 12. The van der Waals surface area contributed by atoms with Crippen molar-refractivity contribution in [1.29, 1.82) is 5.26 Å². The second-order valence-electron chi connectivity index (χ2n) is 16.4. The highest BCUT2D eigenvalue weighted by Crippen LogP contribution is 2.51. The maximum absolute atomic E-state index is 12.4. The maximum Gasteiger partial charge on any atom is 0.104 e. The SMILES string of the molecule is N#Cc1c(-n2c3ccccc3c3ncccc32)c(-c2cccnc2)c(-n2c3ccccc3c3ncccc32)c(-n2c3ccccc3c3ncccc32)c1-n1c2ccccc2c2ncccc21. The van der Waals surface area contributed by atoms with Crippen LogP contribution in [0.2, 0.25) is 0 Å². The minimum atomic E-state index is 0.444. The summed E-state index contributed by atoms with van der Waals surface area (Å²) in [4.78, 5) is 24.9. The molecule has 0 spiro atoms. The molecule has 14 aromatic rings. The zero-order valence-electron chi connectivity index (χ0n) is 34.9. The molecule has 5 aromatic carbocycles. The normalized spacial score (nSPS) is 11.9. The second-order valence-corrected chi connectivity index (χ2v) is 16.4. The molecule has 0 fully saturated rings. The van der Waals surface area contributed by atoms with Gasteiger partial charge in [0, 0.05) is 69.9 Å². The number of benzene rings is 5. The lowest BCUT2D eigenvalue weighted by atomic mass is 9.94. The Morgan fingerprint density at radius 2 is 0.682 bits per heavy atom. The van der Waals surface area contributed by atoms with Crippen LogP contribution in [0.4, 0.5) is 0 Å². The molecule has 0 amide bonds. The van der Waals surface area contributed by atoms with Gasteiger partial charge in [-0.1, -0.05) is 78.9 Å². The van der Waals surface area contributed by atoms with Gasteiger partial charge in [-0.2, -0.15) is 5.26 Å². The van der Waals surface area contributed by atoms with Crippen LogP contribution in [-0.4, -0.2) is 43.2 Å². The number of nitriles is 1. The highest BCUT2D eigenvalue weighted by molar-refractivity contribution is 6.15. The molecule has 0 bridgehead atoms. The Morgan fingerprint density at radius 1 is 0.333 bits per heavy atom. The summed E-state index contributed by atoms with van der Waals surface area (Å²) < 4.78 is 9.15. The van der Waals surface area contributed by atoms with E-state index in [1.165, 1.54) is 0 Å². The molecule has 66 heavy (non-hydrogen) atoms. The molecular formula is C56H32N10. The second kappa shape index (κ2) is 13.8. The van der Waals surface area contributed by atoms with Gasteiger partial charge in [-0.25, -0.2) is 0 Å². The molecule has 9 aromatic heterocycles. The highest BCUT2D eigenvalue weighted by Gasteiger charge is 2.35. The van der Waals surface area contributed by atoms with Gasteiger partial charge in [-0.15, -0.1) is 0 Å². The summed E-state index contributed by atoms with van der Waals surface area (Å²) in [6, 6.07) is 56.8. The van der Waals surface area contributed by atoms with Crippen LogP contribution < -0.4 is 0 Å². The molecule has 9 heterocycles. The van der Waals surface area contributed by atoms with E-state index in [0.29, 0.717) is 16.9 Å². The Bertz CT molecular complexity index is 4160. The summed E-state index contributed by atoms with van der Waals surface area (Å²) in [5.41, 5.74) is 15.6. The number of nitrogens with zero attached hydrogens (tertiary/aromatic N) is 10. The molecule has 0 unspecified atom stereocenters. The summed E-state index contributed by atoms with van der Waals surface area (Å²) in [6.45, 7) is 0. The van der Waals surface area contributed by atoms with Gasteiger partial charge in [0.2, 0.25) is 0 Å². The van der Waals surface area contributed by atoms with Crippen molar-refractivity contribution >= 4 is 87.7 Å². The van der Waals surface area contributed by atoms with Crippen molar-refractivity contribution in [2.24, 2.45) is 0 Å². The minimum absolute atomic E-state index is 0.444. The summed E-state index contributed by atoms with van der Waals surface area (Å²) in [7, 11) is 0. The molecule has 306 valence electrons. The number of hydrogen-bond acceptors (Lipinski definition) is 6. The van der Waals surface area contributed by atoms with E-state index >= 15 is 0 Å². The highest BCUT2D eigenvalue weighted by atomic mass is 15.1. The van der Waals surface area contributed by atoms with E-state index in [4.69, 9.17) is 24.9 Å².